The van der Waals surface area contributed by atoms with E-state index in [1.165, 1.54) is 0 Å². The Bertz CT molecular complexity index is 384. The van der Waals surface area contributed by atoms with Crippen molar-refractivity contribution in [1.82, 2.24) is 9.97 Å². The molecular weight excluding hydrogens is 231 g/mol. The zero-order valence-corrected chi connectivity index (χ0v) is 9.82. The zero-order valence-electron chi connectivity index (χ0n) is 8.83. The van der Waals surface area contributed by atoms with Crippen molar-refractivity contribution >= 4 is 9.33 Å². The average Bonchev–Trinajstić information content (AvgIpc) is 2.31. The van der Waals surface area contributed by atoms with E-state index in [-0.39, 0.29) is 0 Å². The summed E-state index contributed by atoms with van der Waals surface area (Å²) in [4.78, 5) is 8.86. The molecule has 82 valence electrons. The first kappa shape index (κ1) is 10.3. The van der Waals surface area contributed by atoms with E-state index < -0.39 is 12.4 Å². The SMILES string of the molecule is [CH3][Ni]([CH3])([c]1ccccn1)[c]1ccccn1. The van der Waals surface area contributed by atoms with Gasteiger partial charge in [-0.2, -0.15) is 0 Å². The summed E-state index contributed by atoms with van der Waals surface area (Å²) in [6.45, 7) is 0. The van der Waals surface area contributed by atoms with Crippen molar-refractivity contribution in [3.05, 3.63) is 48.8 Å². The monoisotopic (exact) mass is 244 g/mol. The van der Waals surface area contributed by atoms with Crippen LogP contribution in [0.15, 0.2) is 48.8 Å². The Labute approximate surface area is 92.5 Å². The van der Waals surface area contributed by atoms with Gasteiger partial charge in [-0.05, 0) is 0 Å². The average molecular weight is 245 g/mol. The van der Waals surface area contributed by atoms with Gasteiger partial charge in [-0.25, -0.2) is 0 Å². The summed E-state index contributed by atoms with van der Waals surface area (Å²) in [6, 6.07) is 12.1. The molecule has 0 aliphatic heterocycles. The van der Waals surface area contributed by atoms with Crippen LogP contribution in [0.1, 0.15) is 0 Å². The number of hydrogen-bond donors (Lipinski definition) is 0. The molecule has 15 heavy (non-hydrogen) atoms. The van der Waals surface area contributed by atoms with Crippen LogP contribution in [0.2, 0.25) is 11.8 Å². The molecule has 0 aliphatic carbocycles. The Morgan fingerprint density at radius 2 is 1.27 bits per heavy atom. The molecule has 3 heteroatoms. The Balaban J connectivity index is 2.44. The van der Waals surface area contributed by atoms with Crippen LogP contribution in [0.5, 0.6) is 0 Å². The van der Waals surface area contributed by atoms with E-state index in [9.17, 15) is 0 Å². The molecular formula is C12H14N2Ni. The van der Waals surface area contributed by atoms with Gasteiger partial charge in [0.15, 0.2) is 0 Å². The molecule has 0 N–H and O–H groups in total. The summed E-state index contributed by atoms with van der Waals surface area (Å²) >= 11 is -1.18. The van der Waals surface area contributed by atoms with Gasteiger partial charge >= 0.3 is 92.3 Å². The van der Waals surface area contributed by atoms with Crippen molar-refractivity contribution in [3.8, 4) is 0 Å². The second kappa shape index (κ2) is 4.12. The molecule has 0 unspecified atom stereocenters. The van der Waals surface area contributed by atoms with Crippen LogP contribution >= 0.6 is 0 Å². The zero-order chi connectivity index (χ0) is 10.7. The standard InChI is InChI=1S/2C5H4N.2CH3.Ni/c2*1-2-4-6-5-3-1;;;/h2*1-4H;2*1H3;. The van der Waals surface area contributed by atoms with Gasteiger partial charge in [0.2, 0.25) is 0 Å². The summed E-state index contributed by atoms with van der Waals surface area (Å²) in [5.74, 6) is 4.46. The first-order valence-electron chi connectivity index (χ1n) is 4.49. The summed E-state index contributed by atoms with van der Waals surface area (Å²) < 4.78 is 2.28. The fourth-order valence-corrected chi connectivity index (χ4v) is 3.27. The Morgan fingerprint density at radius 1 is 0.800 bits per heavy atom. The number of aromatic nitrogens is 2. The normalized spacial score (nSPS) is 12.4. The summed E-state index contributed by atoms with van der Waals surface area (Å²) in [5, 5.41) is 0. The molecule has 0 spiro atoms. The molecule has 0 aliphatic rings. The molecule has 0 aromatic carbocycles. The van der Waals surface area contributed by atoms with Gasteiger partial charge in [-0.3, -0.25) is 0 Å². The van der Waals surface area contributed by atoms with E-state index in [0.29, 0.717) is 0 Å². The molecule has 2 aromatic rings. The van der Waals surface area contributed by atoms with Crippen LogP contribution in [0.4, 0.5) is 0 Å². The van der Waals surface area contributed by atoms with Crippen molar-refractivity contribution in [2.24, 2.45) is 0 Å². The van der Waals surface area contributed by atoms with Gasteiger partial charge in [-0.1, -0.05) is 0 Å². The summed E-state index contributed by atoms with van der Waals surface area (Å²) in [6.07, 6.45) is 3.69. The van der Waals surface area contributed by atoms with E-state index in [2.05, 4.69) is 33.9 Å². The second-order valence-corrected chi connectivity index (χ2v) is 7.49. The maximum absolute atomic E-state index is 4.43. The van der Waals surface area contributed by atoms with Crippen molar-refractivity contribution in [3.63, 3.8) is 0 Å². The third-order valence-corrected chi connectivity index (χ3v) is 5.14. The second-order valence-electron chi connectivity index (χ2n) is 3.27. The predicted molar refractivity (Wildman–Crippen MR) is 59.5 cm³/mol. The van der Waals surface area contributed by atoms with E-state index >= 15 is 0 Å². The number of pyridine rings is 2. The van der Waals surface area contributed by atoms with Gasteiger partial charge in [0.1, 0.15) is 0 Å². The van der Waals surface area contributed by atoms with Crippen LogP contribution in [0.3, 0.4) is 0 Å². The molecule has 2 heterocycles. The molecule has 0 saturated heterocycles. The minimum absolute atomic E-state index is 1.14. The van der Waals surface area contributed by atoms with Crippen LogP contribution < -0.4 is 9.33 Å². The number of nitrogens with zero attached hydrogens (tertiary/aromatic N) is 2. The maximum atomic E-state index is 4.43. The fourth-order valence-electron chi connectivity index (χ4n) is 1.21. The van der Waals surface area contributed by atoms with Gasteiger partial charge in [-0.15, -0.1) is 0 Å². The quantitative estimate of drug-likeness (QED) is 0.752. The Morgan fingerprint density at radius 3 is 1.60 bits per heavy atom. The first-order valence-corrected chi connectivity index (χ1v) is 7.45. The molecule has 2 rings (SSSR count). The topological polar surface area (TPSA) is 25.8 Å². The summed E-state index contributed by atoms with van der Waals surface area (Å²) in [7, 11) is 0. The van der Waals surface area contributed by atoms with Gasteiger partial charge in [0.25, 0.3) is 0 Å². The van der Waals surface area contributed by atoms with Gasteiger partial charge in [0.05, 0.1) is 0 Å². The molecule has 2 aromatic heterocycles. The van der Waals surface area contributed by atoms with E-state index in [0.717, 1.165) is 9.33 Å². The summed E-state index contributed by atoms with van der Waals surface area (Å²) in [5.41, 5.74) is 0. The van der Waals surface area contributed by atoms with Gasteiger partial charge < -0.3 is 0 Å². The van der Waals surface area contributed by atoms with Crippen LogP contribution in [0, 0.1) is 0 Å². The van der Waals surface area contributed by atoms with Crippen LogP contribution in [-0.4, -0.2) is 9.97 Å². The van der Waals surface area contributed by atoms with Gasteiger partial charge in [0, 0.05) is 0 Å². The van der Waals surface area contributed by atoms with Crippen LogP contribution in [-0.2, 0) is 12.4 Å². The molecule has 0 amide bonds. The first-order chi connectivity index (χ1) is 7.21. The molecule has 0 fully saturated rings. The fraction of sp³-hybridized carbons (Fsp3) is 0.167. The van der Waals surface area contributed by atoms with Crippen molar-refractivity contribution in [2.45, 2.75) is 11.8 Å². The third-order valence-electron chi connectivity index (χ3n) is 2.03. The molecule has 0 atom stereocenters. The van der Waals surface area contributed by atoms with Crippen molar-refractivity contribution in [2.75, 3.05) is 0 Å². The van der Waals surface area contributed by atoms with Crippen LogP contribution in [0.25, 0.3) is 0 Å². The van der Waals surface area contributed by atoms with E-state index in [1.54, 1.807) is 0 Å². The number of rotatable bonds is 2. The minimum atomic E-state index is -1.18. The van der Waals surface area contributed by atoms with E-state index in [1.807, 2.05) is 36.7 Å². The molecule has 2 nitrogen and oxygen atoms in total. The predicted octanol–water partition coefficient (Wildman–Crippen LogP) is 1.68. The number of hydrogen-bond acceptors (Lipinski definition) is 2. The Kier molecular flexibility index (Phi) is 2.83. The third kappa shape index (κ3) is 2.08. The molecule has 0 saturated carbocycles. The van der Waals surface area contributed by atoms with E-state index in [4.69, 9.17) is 0 Å². The van der Waals surface area contributed by atoms with Crippen molar-refractivity contribution < 1.29 is 12.4 Å². The molecule has 0 bridgehead atoms. The molecule has 0 radical (unpaired) electrons. The Hall–Kier alpha value is -1.21. The van der Waals surface area contributed by atoms with Crippen molar-refractivity contribution in [1.29, 1.82) is 0 Å².